The van der Waals surface area contributed by atoms with Gasteiger partial charge >= 0.3 is 0 Å². The van der Waals surface area contributed by atoms with Crippen molar-refractivity contribution in [3.05, 3.63) is 51.9 Å². The standard InChI is InChI=1S/C16H17ClFNO2/c1-9(2)12-7-14(10(3)6-13(12)17)21-16-15(18)11(8-20)4-5-19-16/h4-7,9,20H,8H2,1-3H3. The lowest BCUT2D eigenvalue weighted by Crippen LogP contribution is -1.99. The van der Waals surface area contributed by atoms with Gasteiger partial charge in [-0.2, -0.15) is 0 Å². The van der Waals surface area contributed by atoms with E-state index in [1.807, 2.05) is 20.8 Å². The third-order valence-corrected chi connectivity index (χ3v) is 3.56. The van der Waals surface area contributed by atoms with Crippen LogP contribution in [0.2, 0.25) is 5.02 Å². The molecule has 0 aliphatic heterocycles. The molecule has 1 aromatic heterocycles. The number of aromatic nitrogens is 1. The summed E-state index contributed by atoms with van der Waals surface area (Å²) >= 11 is 6.20. The Hall–Kier alpha value is -1.65. The zero-order valence-corrected chi connectivity index (χ0v) is 12.9. The van der Waals surface area contributed by atoms with Gasteiger partial charge in [0.2, 0.25) is 0 Å². The van der Waals surface area contributed by atoms with Crippen LogP contribution in [0.15, 0.2) is 24.4 Å². The first-order valence-corrected chi connectivity index (χ1v) is 7.04. The van der Waals surface area contributed by atoms with Crippen LogP contribution in [-0.4, -0.2) is 10.1 Å². The van der Waals surface area contributed by atoms with E-state index in [0.717, 1.165) is 11.1 Å². The zero-order chi connectivity index (χ0) is 15.6. The van der Waals surface area contributed by atoms with Crippen LogP contribution < -0.4 is 4.74 Å². The van der Waals surface area contributed by atoms with Gasteiger partial charge < -0.3 is 9.84 Å². The van der Waals surface area contributed by atoms with Crippen molar-refractivity contribution in [2.45, 2.75) is 33.3 Å². The number of nitrogens with zero attached hydrogens (tertiary/aromatic N) is 1. The van der Waals surface area contributed by atoms with E-state index >= 15 is 0 Å². The highest BCUT2D eigenvalue weighted by Crippen LogP contribution is 2.34. The van der Waals surface area contributed by atoms with Crippen LogP contribution in [0.5, 0.6) is 11.6 Å². The summed E-state index contributed by atoms with van der Waals surface area (Å²) < 4.78 is 19.6. The second kappa shape index (κ2) is 6.41. The van der Waals surface area contributed by atoms with E-state index in [1.165, 1.54) is 12.3 Å². The van der Waals surface area contributed by atoms with E-state index in [2.05, 4.69) is 4.98 Å². The van der Waals surface area contributed by atoms with Gasteiger partial charge in [-0.05, 0) is 42.2 Å². The summed E-state index contributed by atoms with van der Waals surface area (Å²) in [6, 6.07) is 5.01. The highest BCUT2D eigenvalue weighted by molar-refractivity contribution is 6.31. The van der Waals surface area contributed by atoms with Crippen molar-refractivity contribution >= 4 is 11.6 Å². The topological polar surface area (TPSA) is 42.4 Å². The van der Waals surface area contributed by atoms with Crippen molar-refractivity contribution in [3.8, 4) is 11.6 Å². The number of aliphatic hydroxyl groups excluding tert-OH is 1. The number of ether oxygens (including phenoxy) is 1. The molecule has 0 aliphatic carbocycles. The first-order chi connectivity index (χ1) is 9.93. The van der Waals surface area contributed by atoms with Crippen LogP contribution in [0.4, 0.5) is 4.39 Å². The molecule has 21 heavy (non-hydrogen) atoms. The highest BCUT2D eigenvalue weighted by Gasteiger charge is 2.15. The molecule has 2 aromatic rings. The van der Waals surface area contributed by atoms with Crippen LogP contribution in [-0.2, 0) is 6.61 Å². The van der Waals surface area contributed by atoms with Crippen LogP contribution in [0.25, 0.3) is 0 Å². The number of hydrogen-bond donors (Lipinski definition) is 1. The first kappa shape index (κ1) is 15.7. The summed E-state index contributed by atoms with van der Waals surface area (Å²) in [5, 5.41) is 9.74. The zero-order valence-electron chi connectivity index (χ0n) is 12.2. The lowest BCUT2D eigenvalue weighted by molar-refractivity contribution is 0.273. The molecule has 1 aromatic carbocycles. The maximum atomic E-state index is 14.1. The lowest BCUT2D eigenvalue weighted by atomic mass is 10.0. The van der Waals surface area contributed by atoms with Gasteiger partial charge in [0, 0.05) is 16.8 Å². The molecule has 112 valence electrons. The van der Waals surface area contributed by atoms with Gasteiger partial charge in [-0.1, -0.05) is 25.4 Å². The van der Waals surface area contributed by atoms with Gasteiger partial charge in [-0.3, -0.25) is 0 Å². The Labute approximate surface area is 128 Å². The number of pyridine rings is 1. The minimum Gasteiger partial charge on any atom is -0.436 e. The molecule has 0 atom stereocenters. The molecule has 0 unspecified atom stereocenters. The van der Waals surface area contributed by atoms with Crippen molar-refractivity contribution in [1.82, 2.24) is 4.98 Å². The minimum absolute atomic E-state index is 0.149. The molecule has 0 fully saturated rings. The summed E-state index contributed by atoms with van der Waals surface area (Å²) in [6.07, 6.45) is 1.40. The smallest absolute Gasteiger partial charge is 0.256 e. The fourth-order valence-electron chi connectivity index (χ4n) is 1.98. The molecule has 0 saturated heterocycles. The van der Waals surface area contributed by atoms with Crippen LogP contribution in [0, 0.1) is 12.7 Å². The molecule has 0 saturated carbocycles. The van der Waals surface area contributed by atoms with Gasteiger partial charge in [-0.15, -0.1) is 0 Å². The summed E-state index contributed by atoms with van der Waals surface area (Å²) in [6.45, 7) is 5.47. The molecule has 1 heterocycles. The van der Waals surface area contributed by atoms with E-state index in [1.54, 1.807) is 12.1 Å². The Morgan fingerprint density at radius 3 is 2.71 bits per heavy atom. The van der Waals surface area contributed by atoms with Crippen LogP contribution >= 0.6 is 11.6 Å². The van der Waals surface area contributed by atoms with Crippen molar-refractivity contribution in [3.63, 3.8) is 0 Å². The van der Waals surface area contributed by atoms with Crippen molar-refractivity contribution in [1.29, 1.82) is 0 Å². The molecule has 3 nitrogen and oxygen atoms in total. The average molecular weight is 310 g/mol. The first-order valence-electron chi connectivity index (χ1n) is 6.66. The normalized spacial score (nSPS) is 11.0. The maximum absolute atomic E-state index is 14.1. The largest absolute Gasteiger partial charge is 0.436 e. The van der Waals surface area contributed by atoms with Crippen molar-refractivity contribution in [2.75, 3.05) is 0 Å². The van der Waals surface area contributed by atoms with Crippen LogP contribution in [0.1, 0.15) is 36.5 Å². The molecule has 0 aliphatic rings. The van der Waals surface area contributed by atoms with Gasteiger partial charge in [-0.25, -0.2) is 9.37 Å². The summed E-state index contributed by atoms with van der Waals surface area (Å²) in [5.74, 6) is -0.0752. The fraction of sp³-hybridized carbons (Fsp3) is 0.312. The predicted molar refractivity (Wildman–Crippen MR) is 80.5 cm³/mol. The Balaban J connectivity index is 2.42. The molecule has 1 N–H and O–H groups in total. The summed E-state index contributed by atoms with van der Waals surface area (Å²) in [5.41, 5.74) is 1.87. The lowest BCUT2D eigenvalue weighted by Gasteiger charge is -2.14. The third kappa shape index (κ3) is 3.34. The predicted octanol–water partition coefficient (Wildman–Crippen LogP) is 4.59. The average Bonchev–Trinajstić information content (AvgIpc) is 2.43. The number of rotatable bonds is 4. The number of aliphatic hydroxyl groups is 1. The van der Waals surface area contributed by atoms with Gasteiger partial charge in [0.1, 0.15) is 5.75 Å². The second-order valence-corrected chi connectivity index (χ2v) is 5.55. The molecule has 2 rings (SSSR count). The Kier molecular flexibility index (Phi) is 4.80. The molecule has 0 radical (unpaired) electrons. The molecule has 0 spiro atoms. The van der Waals surface area contributed by atoms with E-state index < -0.39 is 12.4 Å². The van der Waals surface area contributed by atoms with E-state index in [4.69, 9.17) is 21.4 Å². The SMILES string of the molecule is Cc1cc(Cl)c(C(C)C)cc1Oc1nccc(CO)c1F. The fourth-order valence-corrected chi connectivity index (χ4v) is 2.42. The quantitative estimate of drug-likeness (QED) is 0.898. The van der Waals surface area contributed by atoms with Crippen molar-refractivity contribution in [2.24, 2.45) is 0 Å². The Bertz CT molecular complexity index is 659. The highest BCUT2D eigenvalue weighted by atomic mass is 35.5. The van der Waals surface area contributed by atoms with E-state index in [-0.39, 0.29) is 17.4 Å². The van der Waals surface area contributed by atoms with Crippen molar-refractivity contribution < 1.29 is 14.2 Å². The summed E-state index contributed by atoms with van der Waals surface area (Å²) in [7, 11) is 0. The van der Waals surface area contributed by atoms with E-state index in [9.17, 15) is 4.39 Å². The Morgan fingerprint density at radius 2 is 2.10 bits per heavy atom. The van der Waals surface area contributed by atoms with Gasteiger partial charge in [0.25, 0.3) is 5.88 Å². The number of halogens is 2. The van der Waals surface area contributed by atoms with E-state index in [0.29, 0.717) is 10.8 Å². The number of benzene rings is 1. The molecular weight excluding hydrogens is 293 g/mol. The summed E-state index contributed by atoms with van der Waals surface area (Å²) in [4.78, 5) is 3.88. The van der Waals surface area contributed by atoms with Gasteiger partial charge in [0.05, 0.1) is 6.61 Å². The number of hydrogen-bond acceptors (Lipinski definition) is 3. The molecule has 5 heteroatoms. The number of aryl methyl sites for hydroxylation is 1. The molecule has 0 amide bonds. The Morgan fingerprint density at radius 1 is 1.38 bits per heavy atom. The third-order valence-electron chi connectivity index (χ3n) is 3.23. The molecular formula is C16H17ClFNO2. The second-order valence-electron chi connectivity index (χ2n) is 5.14. The van der Waals surface area contributed by atoms with Gasteiger partial charge in [0.15, 0.2) is 5.82 Å². The maximum Gasteiger partial charge on any atom is 0.256 e. The molecule has 0 bridgehead atoms. The van der Waals surface area contributed by atoms with Crippen LogP contribution in [0.3, 0.4) is 0 Å². The minimum atomic E-state index is -0.652. The monoisotopic (exact) mass is 309 g/mol.